The molecule has 1 saturated carbocycles. The first-order valence-corrected chi connectivity index (χ1v) is 8.94. The van der Waals surface area contributed by atoms with E-state index >= 15 is 0 Å². The zero-order valence-electron chi connectivity index (χ0n) is 12.9. The average molecular weight is 307 g/mol. The van der Waals surface area contributed by atoms with Crippen LogP contribution in [0.25, 0.3) is 0 Å². The molecule has 21 heavy (non-hydrogen) atoms. The highest BCUT2D eigenvalue weighted by Gasteiger charge is 2.39. The number of amides is 1. The van der Waals surface area contributed by atoms with Crippen molar-refractivity contribution in [1.29, 1.82) is 0 Å². The van der Waals surface area contributed by atoms with Crippen molar-refractivity contribution < 1.29 is 4.79 Å². The van der Waals surface area contributed by atoms with Crippen molar-refractivity contribution in [2.45, 2.75) is 50.9 Å². The monoisotopic (exact) mass is 307 g/mol. The van der Waals surface area contributed by atoms with Gasteiger partial charge in [0.15, 0.2) is 0 Å². The van der Waals surface area contributed by atoms with Gasteiger partial charge in [0.25, 0.3) is 0 Å². The summed E-state index contributed by atoms with van der Waals surface area (Å²) in [6.07, 6.45) is 4.65. The van der Waals surface area contributed by atoms with Crippen molar-refractivity contribution in [2.24, 2.45) is 0 Å². The number of hydrogen-bond donors (Lipinski definition) is 1. The molecule has 0 radical (unpaired) electrons. The molecule has 1 saturated heterocycles. The Hall–Kier alpha value is -0.910. The van der Waals surface area contributed by atoms with E-state index in [-0.39, 0.29) is 18.1 Å². The molecule has 2 fully saturated rings. The standard InChI is InChI=1S/C16H25N3OS/c1-3-4-14-16(20)19(9-8-18(2)13-5-6-13)15(17-14)12-7-10-21-11-12/h7,10-11,13-15,17H,3-6,8-9H2,1-2H3. The van der Waals surface area contributed by atoms with E-state index in [9.17, 15) is 4.79 Å². The molecule has 2 heterocycles. The van der Waals surface area contributed by atoms with E-state index < -0.39 is 0 Å². The molecule has 1 aromatic heterocycles. The van der Waals surface area contributed by atoms with Gasteiger partial charge in [-0.3, -0.25) is 10.1 Å². The van der Waals surface area contributed by atoms with Gasteiger partial charge in [-0.1, -0.05) is 13.3 Å². The molecule has 0 aromatic carbocycles. The zero-order valence-corrected chi connectivity index (χ0v) is 13.7. The Labute approximate surface area is 131 Å². The van der Waals surface area contributed by atoms with Gasteiger partial charge in [-0.05, 0) is 48.7 Å². The van der Waals surface area contributed by atoms with E-state index in [1.807, 2.05) is 4.90 Å². The smallest absolute Gasteiger partial charge is 0.241 e. The summed E-state index contributed by atoms with van der Waals surface area (Å²) in [5, 5.41) is 7.76. The van der Waals surface area contributed by atoms with Crippen LogP contribution in [0, 0.1) is 0 Å². The second-order valence-electron chi connectivity index (χ2n) is 6.21. The van der Waals surface area contributed by atoms with E-state index in [4.69, 9.17) is 0 Å². The fourth-order valence-corrected chi connectivity index (χ4v) is 3.76. The molecule has 5 heteroatoms. The highest BCUT2D eigenvalue weighted by Crippen LogP contribution is 2.29. The van der Waals surface area contributed by atoms with Gasteiger partial charge < -0.3 is 9.80 Å². The van der Waals surface area contributed by atoms with Crippen molar-refractivity contribution in [2.75, 3.05) is 20.1 Å². The molecule has 4 nitrogen and oxygen atoms in total. The highest BCUT2D eigenvalue weighted by molar-refractivity contribution is 7.07. The quantitative estimate of drug-likeness (QED) is 0.840. The van der Waals surface area contributed by atoms with Gasteiger partial charge in [-0.2, -0.15) is 11.3 Å². The summed E-state index contributed by atoms with van der Waals surface area (Å²) in [5.41, 5.74) is 1.22. The van der Waals surface area contributed by atoms with Crippen LogP contribution in [0.5, 0.6) is 0 Å². The normalized spacial score (nSPS) is 26.0. The van der Waals surface area contributed by atoms with E-state index in [2.05, 4.69) is 41.0 Å². The van der Waals surface area contributed by atoms with E-state index in [0.29, 0.717) is 0 Å². The molecule has 1 amide bonds. The van der Waals surface area contributed by atoms with Crippen molar-refractivity contribution in [3.63, 3.8) is 0 Å². The Kier molecular flexibility index (Phi) is 4.62. The minimum Gasteiger partial charge on any atom is -0.320 e. The number of carbonyl (C=O) groups is 1. The Morgan fingerprint density at radius 2 is 2.29 bits per heavy atom. The highest BCUT2D eigenvalue weighted by atomic mass is 32.1. The topological polar surface area (TPSA) is 35.6 Å². The predicted octanol–water partition coefficient (Wildman–Crippen LogP) is 2.44. The van der Waals surface area contributed by atoms with E-state index in [1.165, 1.54) is 18.4 Å². The predicted molar refractivity (Wildman–Crippen MR) is 86.3 cm³/mol. The minimum absolute atomic E-state index is 0.00821. The number of likely N-dealkylation sites (N-methyl/N-ethyl adjacent to an activating group) is 1. The molecule has 1 aromatic rings. The van der Waals surface area contributed by atoms with Crippen LogP contribution in [0.15, 0.2) is 16.8 Å². The Balaban J connectivity index is 1.68. The van der Waals surface area contributed by atoms with Crippen LogP contribution in [-0.4, -0.2) is 47.9 Å². The molecule has 2 atom stereocenters. The molecule has 2 unspecified atom stereocenters. The summed E-state index contributed by atoms with van der Waals surface area (Å²) in [4.78, 5) is 17.1. The fraction of sp³-hybridized carbons (Fsp3) is 0.688. The lowest BCUT2D eigenvalue weighted by Gasteiger charge is -2.26. The number of rotatable bonds is 7. The van der Waals surface area contributed by atoms with Crippen LogP contribution in [0.1, 0.15) is 44.3 Å². The molecule has 3 rings (SSSR count). The molecular weight excluding hydrogens is 282 g/mol. The van der Waals surface area contributed by atoms with E-state index in [0.717, 1.165) is 32.0 Å². The van der Waals surface area contributed by atoms with Crippen molar-refractivity contribution in [3.8, 4) is 0 Å². The van der Waals surface area contributed by atoms with Crippen LogP contribution >= 0.6 is 11.3 Å². The van der Waals surface area contributed by atoms with Gasteiger partial charge in [0.2, 0.25) is 5.91 Å². The first-order valence-electron chi connectivity index (χ1n) is 7.99. The summed E-state index contributed by atoms with van der Waals surface area (Å²) in [7, 11) is 2.18. The van der Waals surface area contributed by atoms with Crippen molar-refractivity contribution in [3.05, 3.63) is 22.4 Å². The van der Waals surface area contributed by atoms with Crippen LogP contribution < -0.4 is 5.32 Å². The second kappa shape index (κ2) is 6.46. The van der Waals surface area contributed by atoms with Gasteiger partial charge in [0.1, 0.15) is 6.17 Å². The summed E-state index contributed by atoms with van der Waals surface area (Å²) in [6.45, 7) is 3.93. The van der Waals surface area contributed by atoms with Gasteiger partial charge in [0, 0.05) is 19.1 Å². The molecular formula is C16H25N3OS. The Morgan fingerprint density at radius 1 is 1.48 bits per heavy atom. The molecule has 0 bridgehead atoms. The zero-order chi connectivity index (χ0) is 14.8. The van der Waals surface area contributed by atoms with Gasteiger partial charge >= 0.3 is 0 Å². The molecule has 1 aliphatic heterocycles. The van der Waals surface area contributed by atoms with Gasteiger partial charge in [-0.15, -0.1) is 0 Å². The summed E-state index contributed by atoms with van der Waals surface area (Å²) < 4.78 is 0. The average Bonchev–Trinajstić information content (AvgIpc) is 3.11. The van der Waals surface area contributed by atoms with Crippen molar-refractivity contribution >= 4 is 17.2 Å². The van der Waals surface area contributed by atoms with Crippen LogP contribution in [0.2, 0.25) is 0 Å². The largest absolute Gasteiger partial charge is 0.320 e. The molecule has 0 spiro atoms. The van der Waals surface area contributed by atoms with Crippen LogP contribution in [0.4, 0.5) is 0 Å². The molecule has 116 valence electrons. The lowest BCUT2D eigenvalue weighted by Crippen LogP contribution is -2.38. The lowest BCUT2D eigenvalue weighted by molar-refractivity contribution is -0.130. The Bertz CT molecular complexity index is 472. The lowest BCUT2D eigenvalue weighted by atomic mass is 10.2. The SMILES string of the molecule is CCCC1NC(c2ccsc2)N(CCN(C)C2CC2)C1=O. The van der Waals surface area contributed by atoms with Gasteiger partial charge in [-0.25, -0.2) is 0 Å². The first-order chi connectivity index (χ1) is 10.2. The third-order valence-electron chi connectivity index (χ3n) is 4.55. The molecule has 1 aliphatic carbocycles. The number of nitrogens with zero attached hydrogens (tertiary/aromatic N) is 2. The van der Waals surface area contributed by atoms with Crippen molar-refractivity contribution in [1.82, 2.24) is 15.1 Å². The maximum absolute atomic E-state index is 12.6. The second-order valence-corrected chi connectivity index (χ2v) is 6.99. The van der Waals surface area contributed by atoms with Gasteiger partial charge in [0.05, 0.1) is 6.04 Å². The van der Waals surface area contributed by atoms with Crippen LogP contribution in [-0.2, 0) is 4.79 Å². The van der Waals surface area contributed by atoms with E-state index in [1.54, 1.807) is 11.3 Å². The molecule has 2 aliphatic rings. The fourth-order valence-electron chi connectivity index (χ4n) is 3.08. The third kappa shape index (κ3) is 3.30. The number of hydrogen-bond acceptors (Lipinski definition) is 4. The molecule has 1 N–H and O–H groups in total. The first kappa shape index (κ1) is 15.0. The summed E-state index contributed by atoms with van der Waals surface area (Å²) in [6, 6.07) is 2.87. The maximum Gasteiger partial charge on any atom is 0.241 e. The Morgan fingerprint density at radius 3 is 2.90 bits per heavy atom. The summed E-state index contributed by atoms with van der Waals surface area (Å²) >= 11 is 1.70. The number of nitrogens with one attached hydrogen (secondary N) is 1. The number of carbonyl (C=O) groups excluding carboxylic acids is 1. The third-order valence-corrected chi connectivity index (χ3v) is 5.25. The number of thiophene rings is 1. The maximum atomic E-state index is 12.6. The minimum atomic E-state index is -0.00821. The van der Waals surface area contributed by atoms with Crippen LogP contribution in [0.3, 0.4) is 0 Å². The summed E-state index contributed by atoms with van der Waals surface area (Å²) in [5.74, 6) is 0.275.